The average molecular weight is 393 g/mol. The van der Waals surface area contributed by atoms with Crippen molar-refractivity contribution in [3.05, 3.63) is 33.8 Å². The minimum absolute atomic E-state index is 0.507. The molecule has 27 heavy (non-hydrogen) atoms. The summed E-state index contributed by atoms with van der Waals surface area (Å²) in [5, 5.41) is 7.74. The number of rotatable bonds is 9. The van der Waals surface area contributed by atoms with Gasteiger partial charge in [0.25, 0.3) is 0 Å². The predicted molar refractivity (Wildman–Crippen MR) is 109 cm³/mol. The topological polar surface area (TPSA) is 77.0 Å². The molecule has 1 heterocycles. The van der Waals surface area contributed by atoms with E-state index in [0.29, 0.717) is 29.8 Å². The van der Waals surface area contributed by atoms with Gasteiger partial charge in [-0.3, -0.25) is 4.99 Å². The molecule has 0 saturated carbocycles. The van der Waals surface area contributed by atoms with Gasteiger partial charge >= 0.3 is 0 Å². The number of methoxy groups -OCH3 is 3. The summed E-state index contributed by atoms with van der Waals surface area (Å²) >= 11 is 1.76. The van der Waals surface area contributed by atoms with Crippen LogP contribution in [0, 0.1) is 0 Å². The molecule has 0 fully saturated rings. The van der Waals surface area contributed by atoms with Crippen LogP contribution >= 0.6 is 11.3 Å². The number of nitrogens with zero attached hydrogens (tertiary/aromatic N) is 2. The molecule has 0 atom stereocenters. The van der Waals surface area contributed by atoms with E-state index in [1.54, 1.807) is 39.7 Å². The molecule has 0 bridgehead atoms. The van der Waals surface area contributed by atoms with Gasteiger partial charge in [0.1, 0.15) is 17.2 Å². The van der Waals surface area contributed by atoms with E-state index in [1.807, 2.05) is 18.3 Å². The van der Waals surface area contributed by atoms with E-state index in [2.05, 4.69) is 27.5 Å². The van der Waals surface area contributed by atoms with Crippen molar-refractivity contribution < 1.29 is 14.2 Å². The Labute approximate surface area is 164 Å². The molecule has 148 valence electrons. The number of hydrogen-bond acceptors (Lipinski definition) is 6. The molecule has 1 aromatic heterocycles. The maximum Gasteiger partial charge on any atom is 0.191 e. The molecule has 0 aliphatic rings. The van der Waals surface area contributed by atoms with Crippen LogP contribution in [-0.4, -0.2) is 45.9 Å². The molecular formula is C19H28N4O3S. The fourth-order valence-corrected chi connectivity index (χ4v) is 3.42. The lowest BCUT2D eigenvalue weighted by Gasteiger charge is -2.17. The molecule has 2 rings (SSSR count). The smallest absolute Gasteiger partial charge is 0.191 e. The van der Waals surface area contributed by atoms with E-state index in [4.69, 9.17) is 14.2 Å². The first-order chi connectivity index (χ1) is 13.1. The summed E-state index contributed by atoms with van der Waals surface area (Å²) in [6, 6.07) is 3.67. The van der Waals surface area contributed by atoms with Crippen molar-refractivity contribution in [3.8, 4) is 17.2 Å². The fourth-order valence-electron chi connectivity index (χ4n) is 2.56. The number of hydrogen-bond donors (Lipinski definition) is 2. The first kappa shape index (κ1) is 20.8. The summed E-state index contributed by atoms with van der Waals surface area (Å²) in [5.41, 5.74) is 0.899. The van der Waals surface area contributed by atoms with Gasteiger partial charge in [-0.15, -0.1) is 11.3 Å². The highest BCUT2D eigenvalue weighted by Crippen LogP contribution is 2.33. The van der Waals surface area contributed by atoms with Gasteiger partial charge < -0.3 is 24.8 Å². The zero-order valence-corrected chi connectivity index (χ0v) is 17.4. The quantitative estimate of drug-likeness (QED) is 0.505. The van der Waals surface area contributed by atoms with Crippen LogP contribution in [-0.2, 0) is 19.4 Å². The summed E-state index contributed by atoms with van der Waals surface area (Å²) in [6.45, 7) is 3.41. The van der Waals surface area contributed by atoms with E-state index in [0.717, 1.165) is 30.0 Å². The number of benzene rings is 1. The molecule has 7 nitrogen and oxygen atoms in total. The molecule has 0 aliphatic heterocycles. The molecule has 0 saturated heterocycles. The molecule has 2 aromatic rings. The lowest BCUT2D eigenvalue weighted by molar-refractivity contribution is 0.368. The normalized spacial score (nSPS) is 11.2. The largest absolute Gasteiger partial charge is 0.496 e. The Hall–Kier alpha value is -2.48. The Morgan fingerprint density at radius 2 is 1.81 bits per heavy atom. The van der Waals surface area contributed by atoms with Crippen molar-refractivity contribution in [2.75, 3.05) is 34.9 Å². The van der Waals surface area contributed by atoms with Crippen molar-refractivity contribution >= 4 is 17.3 Å². The number of nitrogens with one attached hydrogen (secondary N) is 2. The van der Waals surface area contributed by atoms with Crippen LogP contribution in [0.25, 0.3) is 0 Å². The van der Waals surface area contributed by atoms with Crippen LogP contribution < -0.4 is 24.8 Å². The maximum atomic E-state index is 5.48. The molecule has 0 amide bonds. The zero-order valence-electron chi connectivity index (χ0n) is 16.6. The van der Waals surface area contributed by atoms with Gasteiger partial charge in [0.2, 0.25) is 0 Å². The summed E-state index contributed by atoms with van der Waals surface area (Å²) in [6.07, 6.45) is 3.84. The summed E-state index contributed by atoms with van der Waals surface area (Å²) in [7, 11) is 6.62. The van der Waals surface area contributed by atoms with Crippen LogP contribution in [0.5, 0.6) is 17.2 Å². The summed E-state index contributed by atoms with van der Waals surface area (Å²) in [4.78, 5) is 10.0. The number of aliphatic imine (C=N–C) groups is 1. The average Bonchev–Trinajstić information content (AvgIpc) is 3.17. The number of ether oxygens (including phenoxy) is 3. The standard InChI is InChI=1S/C19H28N4O3S/c1-6-14-11-22-18(27-14)7-8-21-19(20-2)23-12-15-16(25-4)9-13(24-3)10-17(15)26-5/h9-11H,6-8,12H2,1-5H3,(H2,20,21,23). The second-order valence-corrected chi connectivity index (χ2v) is 6.89. The Balaban J connectivity index is 1.95. The molecule has 2 N–H and O–H groups in total. The number of aromatic nitrogens is 1. The highest BCUT2D eigenvalue weighted by atomic mass is 32.1. The van der Waals surface area contributed by atoms with Gasteiger partial charge in [-0.25, -0.2) is 4.98 Å². The van der Waals surface area contributed by atoms with Crippen LogP contribution in [0.15, 0.2) is 23.3 Å². The van der Waals surface area contributed by atoms with Crippen molar-refractivity contribution in [1.82, 2.24) is 15.6 Å². The second kappa shape index (κ2) is 10.6. The fraction of sp³-hybridized carbons (Fsp3) is 0.474. The van der Waals surface area contributed by atoms with Gasteiger partial charge in [0, 0.05) is 43.2 Å². The predicted octanol–water partition coefficient (Wildman–Crippen LogP) is 2.64. The van der Waals surface area contributed by atoms with Crippen LogP contribution in [0.2, 0.25) is 0 Å². The van der Waals surface area contributed by atoms with E-state index in [9.17, 15) is 0 Å². The minimum Gasteiger partial charge on any atom is -0.496 e. The first-order valence-corrected chi connectivity index (χ1v) is 9.63. The SMILES string of the molecule is CCc1cnc(CCNC(=NC)NCc2c(OC)cc(OC)cc2OC)s1. The molecule has 1 aromatic carbocycles. The van der Waals surface area contributed by atoms with Gasteiger partial charge in [-0.2, -0.15) is 0 Å². The third kappa shape index (κ3) is 5.75. The van der Waals surface area contributed by atoms with E-state index in [-0.39, 0.29) is 0 Å². The Morgan fingerprint density at radius 3 is 2.33 bits per heavy atom. The first-order valence-electron chi connectivity index (χ1n) is 8.82. The van der Waals surface area contributed by atoms with Crippen molar-refractivity contribution in [2.24, 2.45) is 4.99 Å². The highest BCUT2D eigenvalue weighted by Gasteiger charge is 2.13. The lowest BCUT2D eigenvalue weighted by atomic mass is 10.1. The lowest BCUT2D eigenvalue weighted by Crippen LogP contribution is -2.38. The third-order valence-electron chi connectivity index (χ3n) is 4.05. The van der Waals surface area contributed by atoms with Gasteiger partial charge in [0.15, 0.2) is 5.96 Å². The highest BCUT2D eigenvalue weighted by molar-refractivity contribution is 7.11. The minimum atomic E-state index is 0.507. The summed E-state index contributed by atoms with van der Waals surface area (Å²) in [5.74, 6) is 2.79. The van der Waals surface area contributed by atoms with E-state index in [1.165, 1.54) is 4.88 Å². The zero-order chi connectivity index (χ0) is 19.6. The van der Waals surface area contributed by atoms with Crippen molar-refractivity contribution in [3.63, 3.8) is 0 Å². The number of aryl methyl sites for hydroxylation is 1. The summed E-state index contributed by atoms with van der Waals surface area (Å²) < 4.78 is 16.2. The molecule has 8 heteroatoms. The van der Waals surface area contributed by atoms with Crippen molar-refractivity contribution in [1.29, 1.82) is 0 Å². The van der Waals surface area contributed by atoms with Gasteiger partial charge in [-0.05, 0) is 6.42 Å². The Bertz CT molecular complexity index is 736. The number of guanidine groups is 1. The van der Waals surface area contributed by atoms with Crippen LogP contribution in [0.3, 0.4) is 0 Å². The molecule has 0 radical (unpaired) electrons. The third-order valence-corrected chi connectivity index (χ3v) is 5.26. The van der Waals surface area contributed by atoms with Gasteiger partial charge in [0.05, 0.1) is 38.4 Å². The molecular weight excluding hydrogens is 364 g/mol. The number of thiazole rings is 1. The van der Waals surface area contributed by atoms with Crippen LogP contribution in [0.4, 0.5) is 0 Å². The van der Waals surface area contributed by atoms with Crippen LogP contribution in [0.1, 0.15) is 22.4 Å². The molecule has 0 aliphatic carbocycles. The van der Waals surface area contributed by atoms with Gasteiger partial charge in [-0.1, -0.05) is 6.92 Å². The van der Waals surface area contributed by atoms with E-state index >= 15 is 0 Å². The maximum absolute atomic E-state index is 5.48. The molecule has 0 unspecified atom stereocenters. The van der Waals surface area contributed by atoms with E-state index < -0.39 is 0 Å². The second-order valence-electron chi connectivity index (χ2n) is 5.69. The monoisotopic (exact) mass is 392 g/mol. The molecule has 0 spiro atoms. The Morgan fingerprint density at radius 1 is 1.11 bits per heavy atom. The Kier molecular flexibility index (Phi) is 8.19. The van der Waals surface area contributed by atoms with Crippen molar-refractivity contribution in [2.45, 2.75) is 26.3 Å².